The highest BCUT2D eigenvalue weighted by molar-refractivity contribution is 5.89. The average Bonchev–Trinajstić information content (AvgIpc) is 2.60. The van der Waals surface area contributed by atoms with Crippen LogP contribution in [0, 0.1) is 0 Å². The predicted molar refractivity (Wildman–Crippen MR) is 102 cm³/mol. The smallest absolute Gasteiger partial charge is 0.338 e. The lowest BCUT2D eigenvalue weighted by Crippen LogP contribution is -2.40. The van der Waals surface area contributed by atoms with Crippen LogP contribution in [0.4, 0.5) is 0 Å². The maximum absolute atomic E-state index is 11.9. The van der Waals surface area contributed by atoms with Crippen molar-refractivity contribution >= 4 is 18.4 Å². The summed E-state index contributed by atoms with van der Waals surface area (Å²) in [6, 6.07) is 10.00. The Morgan fingerprint density at radius 1 is 1.17 bits per heavy atom. The lowest BCUT2D eigenvalue weighted by Gasteiger charge is -2.35. The van der Waals surface area contributed by atoms with Crippen LogP contribution in [0.2, 0.25) is 0 Å². The van der Waals surface area contributed by atoms with E-state index in [9.17, 15) is 4.79 Å². The van der Waals surface area contributed by atoms with Crippen LogP contribution < -0.4 is 0 Å². The molecule has 1 saturated heterocycles. The summed E-state index contributed by atoms with van der Waals surface area (Å²) >= 11 is 0. The number of carbonyl (C=O) groups is 1. The number of piperidine rings is 1. The Hall–Kier alpha value is -1.06. The zero-order valence-electron chi connectivity index (χ0n) is 14.9. The minimum atomic E-state index is -0.205. The summed E-state index contributed by atoms with van der Waals surface area (Å²) in [5, 5.41) is 0. The number of ether oxygens (including phenoxy) is 1. The van der Waals surface area contributed by atoms with Crippen molar-refractivity contribution in [2.75, 3.05) is 19.7 Å². The molecular weight excluding hydrogens is 322 g/mol. The summed E-state index contributed by atoms with van der Waals surface area (Å²) in [7, 11) is 0. The lowest BCUT2D eigenvalue weighted by molar-refractivity contribution is 0.0470. The fourth-order valence-electron chi connectivity index (χ4n) is 3.40. The minimum Gasteiger partial charge on any atom is -0.462 e. The quantitative estimate of drug-likeness (QED) is 0.457. The van der Waals surface area contributed by atoms with E-state index in [1.165, 1.54) is 51.5 Å². The molecule has 1 heterocycles. The molecule has 0 aliphatic carbocycles. The van der Waals surface area contributed by atoms with E-state index in [2.05, 4.69) is 11.8 Å². The van der Waals surface area contributed by atoms with Gasteiger partial charge in [-0.15, -0.1) is 12.4 Å². The molecular formula is C20H32ClNO2. The topological polar surface area (TPSA) is 29.5 Å². The Kier molecular flexibility index (Phi) is 10.8. The van der Waals surface area contributed by atoms with Gasteiger partial charge in [-0.25, -0.2) is 4.79 Å². The van der Waals surface area contributed by atoms with Crippen molar-refractivity contribution in [2.45, 2.75) is 64.3 Å². The highest BCUT2D eigenvalue weighted by atomic mass is 35.5. The minimum absolute atomic E-state index is 0. The van der Waals surface area contributed by atoms with Gasteiger partial charge in [0.15, 0.2) is 0 Å². The number of esters is 1. The SMILES string of the molecule is CCCCCC1CCCCN1CCCOC(=O)c1ccccc1.Cl. The van der Waals surface area contributed by atoms with Crippen LogP contribution in [0.5, 0.6) is 0 Å². The number of unbranched alkanes of at least 4 members (excludes halogenated alkanes) is 2. The van der Waals surface area contributed by atoms with Gasteiger partial charge in [0.1, 0.15) is 0 Å². The van der Waals surface area contributed by atoms with E-state index < -0.39 is 0 Å². The fourth-order valence-corrected chi connectivity index (χ4v) is 3.40. The van der Waals surface area contributed by atoms with Gasteiger partial charge in [0.2, 0.25) is 0 Å². The van der Waals surface area contributed by atoms with Crippen LogP contribution in [0.3, 0.4) is 0 Å². The van der Waals surface area contributed by atoms with Crippen molar-refractivity contribution in [2.24, 2.45) is 0 Å². The van der Waals surface area contributed by atoms with Gasteiger partial charge in [-0.3, -0.25) is 0 Å². The number of hydrogen-bond acceptors (Lipinski definition) is 3. The Morgan fingerprint density at radius 2 is 1.96 bits per heavy atom. The summed E-state index contributed by atoms with van der Waals surface area (Å²) < 4.78 is 5.39. The highest BCUT2D eigenvalue weighted by Crippen LogP contribution is 2.22. The standard InChI is InChI=1S/C20H31NO2.ClH/c1-2-3-5-13-19-14-8-9-15-21(19)16-10-17-23-20(22)18-11-6-4-7-12-18;/h4,6-7,11-12,19H,2-3,5,8-10,13-17H2,1H3;1H. The second kappa shape index (κ2) is 12.3. The molecule has 1 unspecified atom stereocenters. The molecule has 1 atom stereocenters. The van der Waals surface area contributed by atoms with Gasteiger partial charge in [-0.2, -0.15) is 0 Å². The van der Waals surface area contributed by atoms with Crippen molar-refractivity contribution in [3.05, 3.63) is 35.9 Å². The van der Waals surface area contributed by atoms with Gasteiger partial charge in [-0.1, -0.05) is 50.8 Å². The normalized spacial score (nSPS) is 18.0. The monoisotopic (exact) mass is 353 g/mol. The van der Waals surface area contributed by atoms with Crippen LogP contribution in [0.25, 0.3) is 0 Å². The molecule has 0 amide bonds. The molecule has 1 fully saturated rings. The molecule has 1 aromatic carbocycles. The Labute approximate surface area is 153 Å². The molecule has 0 radical (unpaired) electrons. The van der Waals surface area contributed by atoms with Gasteiger partial charge in [-0.05, 0) is 44.4 Å². The first kappa shape index (κ1) is 21.0. The van der Waals surface area contributed by atoms with E-state index in [0.29, 0.717) is 12.2 Å². The third kappa shape index (κ3) is 7.23. The summed E-state index contributed by atoms with van der Waals surface area (Å²) in [4.78, 5) is 14.5. The van der Waals surface area contributed by atoms with E-state index in [0.717, 1.165) is 19.0 Å². The molecule has 24 heavy (non-hydrogen) atoms. The molecule has 1 aliphatic rings. The van der Waals surface area contributed by atoms with Crippen molar-refractivity contribution in [1.29, 1.82) is 0 Å². The predicted octanol–water partition coefficient (Wildman–Crippen LogP) is 5.09. The number of rotatable bonds is 9. The summed E-state index contributed by atoms with van der Waals surface area (Å²) in [5.41, 5.74) is 0.642. The van der Waals surface area contributed by atoms with Crippen molar-refractivity contribution < 1.29 is 9.53 Å². The average molecular weight is 354 g/mol. The van der Waals surface area contributed by atoms with E-state index >= 15 is 0 Å². The Morgan fingerprint density at radius 3 is 2.71 bits per heavy atom. The van der Waals surface area contributed by atoms with Crippen LogP contribution >= 0.6 is 12.4 Å². The summed E-state index contributed by atoms with van der Waals surface area (Å²) in [6.45, 7) is 5.05. The van der Waals surface area contributed by atoms with Crippen LogP contribution in [0.1, 0.15) is 68.6 Å². The Bertz CT molecular complexity index is 452. The summed E-state index contributed by atoms with van der Waals surface area (Å²) in [5.74, 6) is -0.205. The molecule has 136 valence electrons. The molecule has 2 rings (SSSR count). The van der Waals surface area contributed by atoms with Crippen LogP contribution in [-0.4, -0.2) is 36.6 Å². The van der Waals surface area contributed by atoms with Crippen molar-refractivity contribution in [1.82, 2.24) is 4.90 Å². The second-order valence-electron chi connectivity index (χ2n) is 6.54. The fraction of sp³-hybridized carbons (Fsp3) is 0.650. The zero-order chi connectivity index (χ0) is 16.3. The number of carbonyl (C=O) groups excluding carboxylic acids is 1. The number of nitrogens with zero attached hydrogens (tertiary/aromatic N) is 1. The molecule has 0 bridgehead atoms. The summed E-state index contributed by atoms with van der Waals surface area (Å²) in [6.07, 6.45) is 10.3. The van der Waals surface area contributed by atoms with Crippen molar-refractivity contribution in [3.8, 4) is 0 Å². The molecule has 0 spiro atoms. The second-order valence-corrected chi connectivity index (χ2v) is 6.54. The van der Waals surface area contributed by atoms with Gasteiger partial charge >= 0.3 is 5.97 Å². The molecule has 0 aromatic heterocycles. The van der Waals surface area contributed by atoms with E-state index in [-0.39, 0.29) is 18.4 Å². The first-order valence-corrected chi connectivity index (χ1v) is 9.27. The number of hydrogen-bond donors (Lipinski definition) is 0. The molecule has 0 N–H and O–H groups in total. The van der Waals surface area contributed by atoms with E-state index in [1.54, 1.807) is 12.1 Å². The van der Waals surface area contributed by atoms with E-state index in [1.807, 2.05) is 18.2 Å². The molecule has 4 heteroatoms. The van der Waals surface area contributed by atoms with Gasteiger partial charge < -0.3 is 9.64 Å². The third-order valence-electron chi connectivity index (χ3n) is 4.72. The van der Waals surface area contributed by atoms with Gasteiger partial charge in [0.25, 0.3) is 0 Å². The maximum Gasteiger partial charge on any atom is 0.338 e. The number of benzene rings is 1. The van der Waals surface area contributed by atoms with Crippen LogP contribution in [-0.2, 0) is 4.74 Å². The number of halogens is 1. The maximum atomic E-state index is 11.9. The first-order chi connectivity index (χ1) is 11.3. The lowest BCUT2D eigenvalue weighted by atomic mass is 9.96. The van der Waals surface area contributed by atoms with Gasteiger partial charge in [0.05, 0.1) is 12.2 Å². The zero-order valence-corrected chi connectivity index (χ0v) is 15.7. The molecule has 3 nitrogen and oxygen atoms in total. The van der Waals surface area contributed by atoms with Crippen molar-refractivity contribution in [3.63, 3.8) is 0 Å². The number of likely N-dealkylation sites (tertiary alicyclic amines) is 1. The van der Waals surface area contributed by atoms with Gasteiger partial charge in [0, 0.05) is 12.6 Å². The molecule has 1 aliphatic heterocycles. The molecule has 1 aromatic rings. The largest absolute Gasteiger partial charge is 0.462 e. The highest BCUT2D eigenvalue weighted by Gasteiger charge is 2.21. The van der Waals surface area contributed by atoms with E-state index in [4.69, 9.17) is 4.74 Å². The van der Waals surface area contributed by atoms with Crippen LogP contribution in [0.15, 0.2) is 30.3 Å². The Balaban J connectivity index is 0.00000288. The first-order valence-electron chi connectivity index (χ1n) is 9.27. The molecule has 0 saturated carbocycles. The third-order valence-corrected chi connectivity index (χ3v) is 4.72.